The second-order valence-corrected chi connectivity index (χ2v) is 7.85. The Morgan fingerprint density at radius 1 is 0.821 bits per heavy atom. The minimum absolute atomic E-state index is 0.0266. The number of piperidine rings is 1. The molecule has 2 N–H and O–H groups in total. The number of nitrogens with one attached hydrogen (secondary N) is 2. The molecule has 0 radical (unpaired) electrons. The van der Waals surface area contributed by atoms with Gasteiger partial charge in [-0.25, -0.2) is 0 Å². The summed E-state index contributed by atoms with van der Waals surface area (Å²) >= 11 is 0. The van der Waals surface area contributed by atoms with Crippen LogP contribution in [0.1, 0.15) is 55.3 Å². The van der Waals surface area contributed by atoms with Gasteiger partial charge in [-0.3, -0.25) is 14.4 Å². The summed E-state index contributed by atoms with van der Waals surface area (Å²) in [6.07, 6.45) is 7.06. The third-order valence-corrected chi connectivity index (χ3v) is 5.88. The van der Waals surface area contributed by atoms with Crippen LogP contribution in [-0.4, -0.2) is 48.8 Å². The highest BCUT2D eigenvalue weighted by Crippen LogP contribution is 2.27. The highest BCUT2D eigenvalue weighted by Gasteiger charge is 2.31. The minimum Gasteiger partial charge on any atom is -0.354 e. The number of benzene rings is 1. The van der Waals surface area contributed by atoms with E-state index >= 15 is 0 Å². The van der Waals surface area contributed by atoms with Crippen LogP contribution in [0.2, 0.25) is 0 Å². The van der Waals surface area contributed by atoms with E-state index in [0.717, 1.165) is 38.5 Å². The lowest BCUT2D eigenvalue weighted by atomic mass is 9.87. The van der Waals surface area contributed by atoms with Crippen molar-refractivity contribution in [1.29, 1.82) is 0 Å². The molecule has 2 aliphatic rings. The van der Waals surface area contributed by atoms with Gasteiger partial charge in [-0.2, -0.15) is 0 Å². The molecule has 1 aromatic rings. The Morgan fingerprint density at radius 2 is 1.46 bits per heavy atom. The summed E-state index contributed by atoms with van der Waals surface area (Å²) in [7, 11) is 0. The summed E-state index contributed by atoms with van der Waals surface area (Å²) in [6.45, 7) is 2.17. The highest BCUT2D eigenvalue weighted by molar-refractivity contribution is 5.94. The van der Waals surface area contributed by atoms with E-state index in [4.69, 9.17) is 0 Å². The monoisotopic (exact) mass is 385 g/mol. The summed E-state index contributed by atoms with van der Waals surface area (Å²) < 4.78 is 0. The fraction of sp³-hybridized carbons (Fsp3) is 0.591. The Morgan fingerprint density at radius 3 is 2.14 bits per heavy atom. The first-order valence-electron chi connectivity index (χ1n) is 10.5. The second-order valence-electron chi connectivity index (χ2n) is 7.85. The first-order valence-corrected chi connectivity index (χ1v) is 10.5. The van der Waals surface area contributed by atoms with Gasteiger partial charge in [0.25, 0.3) is 5.91 Å². The molecule has 1 aromatic carbocycles. The Balaban J connectivity index is 1.32. The molecule has 0 atom stereocenters. The number of nitrogens with zero attached hydrogens (tertiary/aromatic N) is 1. The first kappa shape index (κ1) is 20.4. The summed E-state index contributed by atoms with van der Waals surface area (Å²) in [5.74, 6) is 0.345. The van der Waals surface area contributed by atoms with Crippen LogP contribution in [0, 0.1) is 11.8 Å². The maximum atomic E-state index is 12.6. The topological polar surface area (TPSA) is 78.5 Å². The summed E-state index contributed by atoms with van der Waals surface area (Å²) in [6, 6.07) is 9.03. The van der Waals surface area contributed by atoms with E-state index in [2.05, 4.69) is 10.6 Å². The molecule has 1 heterocycles. The van der Waals surface area contributed by atoms with Gasteiger partial charge in [-0.1, -0.05) is 37.5 Å². The number of hydrogen-bond acceptors (Lipinski definition) is 3. The molecule has 0 bridgehead atoms. The van der Waals surface area contributed by atoms with Crippen molar-refractivity contribution in [1.82, 2.24) is 15.5 Å². The SMILES string of the molecule is O=C(NCCNC(=O)C1CCN(C(=O)C2CCCCC2)CC1)c1ccccc1. The molecule has 152 valence electrons. The molecular weight excluding hydrogens is 354 g/mol. The Hall–Kier alpha value is -2.37. The zero-order chi connectivity index (χ0) is 19.8. The van der Waals surface area contributed by atoms with Crippen molar-refractivity contribution in [2.45, 2.75) is 44.9 Å². The van der Waals surface area contributed by atoms with Crippen LogP contribution in [0.4, 0.5) is 0 Å². The third-order valence-electron chi connectivity index (χ3n) is 5.88. The largest absolute Gasteiger partial charge is 0.354 e. The van der Waals surface area contributed by atoms with Gasteiger partial charge >= 0.3 is 0 Å². The van der Waals surface area contributed by atoms with Crippen LogP contribution >= 0.6 is 0 Å². The van der Waals surface area contributed by atoms with Gasteiger partial charge < -0.3 is 15.5 Å². The van der Waals surface area contributed by atoms with Crippen LogP contribution in [0.15, 0.2) is 30.3 Å². The van der Waals surface area contributed by atoms with Gasteiger partial charge in [0.2, 0.25) is 11.8 Å². The number of carbonyl (C=O) groups excluding carboxylic acids is 3. The highest BCUT2D eigenvalue weighted by atomic mass is 16.2. The molecule has 6 nitrogen and oxygen atoms in total. The van der Waals surface area contributed by atoms with Crippen molar-refractivity contribution in [3.63, 3.8) is 0 Å². The lowest BCUT2D eigenvalue weighted by molar-refractivity contribution is -0.140. The zero-order valence-corrected chi connectivity index (χ0v) is 16.5. The van der Waals surface area contributed by atoms with E-state index < -0.39 is 0 Å². The maximum absolute atomic E-state index is 12.6. The van der Waals surface area contributed by atoms with Gasteiger partial charge in [-0.05, 0) is 37.8 Å². The van der Waals surface area contributed by atoms with Gasteiger partial charge in [0.05, 0.1) is 0 Å². The number of amides is 3. The third kappa shape index (κ3) is 5.57. The molecule has 1 saturated carbocycles. The number of likely N-dealkylation sites (tertiary alicyclic amines) is 1. The Labute approximate surface area is 167 Å². The molecule has 3 rings (SSSR count). The number of hydrogen-bond donors (Lipinski definition) is 2. The second kappa shape index (κ2) is 10.2. The van der Waals surface area contributed by atoms with Gasteiger partial charge in [0.1, 0.15) is 0 Å². The molecule has 1 aliphatic heterocycles. The van der Waals surface area contributed by atoms with Crippen LogP contribution in [-0.2, 0) is 9.59 Å². The maximum Gasteiger partial charge on any atom is 0.251 e. The van der Waals surface area contributed by atoms with E-state index in [1.165, 1.54) is 6.42 Å². The van der Waals surface area contributed by atoms with E-state index in [-0.39, 0.29) is 23.7 Å². The molecule has 1 aliphatic carbocycles. The average Bonchev–Trinajstić information content (AvgIpc) is 2.77. The lowest BCUT2D eigenvalue weighted by Crippen LogP contribution is -2.46. The van der Waals surface area contributed by atoms with Crippen molar-refractivity contribution in [2.24, 2.45) is 11.8 Å². The predicted molar refractivity (Wildman–Crippen MR) is 108 cm³/mol. The van der Waals surface area contributed by atoms with Crippen molar-refractivity contribution >= 4 is 17.7 Å². The molecule has 6 heteroatoms. The first-order chi connectivity index (χ1) is 13.6. The van der Waals surface area contributed by atoms with E-state index in [1.807, 2.05) is 23.1 Å². The molecule has 0 unspecified atom stereocenters. The van der Waals surface area contributed by atoms with Crippen molar-refractivity contribution in [3.05, 3.63) is 35.9 Å². The molecule has 0 aromatic heterocycles. The molecule has 2 fully saturated rings. The fourth-order valence-corrected chi connectivity index (χ4v) is 4.17. The molecular formula is C22H31N3O3. The summed E-state index contributed by atoms with van der Waals surface area (Å²) in [4.78, 5) is 38.9. The van der Waals surface area contributed by atoms with E-state index in [1.54, 1.807) is 12.1 Å². The van der Waals surface area contributed by atoms with Crippen LogP contribution in [0.3, 0.4) is 0 Å². The van der Waals surface area contributed by atoms with Gasteiger partial charge in [0.15, 0.2) is 0 Å². The molecule has 3 amide bonds. The minimum atomic E-state index is -0.135. The fourth-order valence-electron chi connectivity index (χ4n) is 4.17. The van der Waals surface area contributed by atoms with E-state index in [0.29, 0.717) is 37.6 Å². The van der Waals surface area contributed by atoms with Crippen LogP contribution in [0.25, 0.3) is 0 Å². The standard InChI is InChI=1S/C22H31N3O3/c26-20(17-7-3-1-4-8-17)23-13-14-24-21(27)18-11-15-25(16-12-18)22(28)19-9-5-2-6-10-19/h1,3-4,7-8,18-19H,2,5-6,9-16H2,(H,23,26)(H,24,27). The van der Waals surface area contributed by atoms with E-state index in [9.17, 15) is 14.4 Å². The smallest absolute Gasteiger partial charge is 0.251 e. The molecule has 1 saturated heterocycles. The number of carbonyl (C=O) groups is 3. The Kier molecular flexibility index (Phi) is 7.46. The van der Waals surface area contributed by atoms with Gasteiger partial charge in [-0.15, -0.1) is 0 Å². The molecule has 28 heavy (non-hydrogen) atoms. The Bertz CT molecular complexity index is 663. The van der Waals surface area contributed by atoms with Crippen LogP contribution in [0.5, 0.6) is 0 Å². The predicted octanol–water partition coefficient (Wildman–Crippen LogP) is 2.35. The van der Waals surface area contributed by atoms with Gasteiger partial charge in [0, 0.05) is 43.6 Å². The lowest BCUT2D eigenvalue weighted by Gasteiger charge is -2.34. The number of rotatable bonds is 6. The normalized spacial score (nSPS) is 18.5. The van der Waals surface area contributed by atoms with Crippen molar-refractivity contribution in [3.8, 4) is 0 Å². The average molecular weight is 386 g/mol. The quantitative estimate of drug-likeness (QED) is 0.738. The molecule has 0 spiro atoms. The summed E-state index contributed by atoms with van der Waals surface area (Å²) in [5.41, 5.74) is 0.615. The zero-order valence-electron chi connectivity index (χ0n) is 16.5. The summed E-state index contributed by atoms with van der Waals surface area (Å²) in [5, 5.41) is 5.72. The van der Waals surface area contributed by atoms with Crippen molar-refractivity contribution < 1.29 is 14.4 Å². The van der Waals surface area contributed by atoms with Crippen LogP contribution < -0.4 is 10.6 Å². The van der Waals surface area contributed by atoms with Crippen molar-refractivity contribution in [2.75, 3.05) is 26.2 Å².